The molecule has 0 radical (unpaired) electrons. The maximum Gasteiger partial charge on any atom is 0.207 e. The fourth-order valence-corrected chi connectivity index (χ4v) is 4.42. The number of carbonyl (C=O) groups is 1. The Morgan fingerprint density at radius 3 is 2.83 bits per heavy atom. The molecule has 24 heavy (non-hydrogen) atoms. The highest BCUT2D eigenvalue weighted by Gasteiger charge is 2.46. The van der Waals surface area contributed by atoms with E-state index in [2.05, 4.69) is 40.0 Å². The first kappa shape index (κ1) is 15.4. The average Bonchev–Trinajstić information content (AvgIpc) is 3.08. The molecule has 2 bridgehead atoms. The molecule has 126 valence electrons. The van der Waals surface area contributed by atoms with Crippen LogP contribution in [-0.2, 0) is 11.8 Å². The van der Waals surface area contributed by atoms with Crippen molar-refractivity contribution >= 4 is 6.41 Å². The van der Waals surface area contributed by atoms with Crippen molar-refractivity contribution in [2.45, 2.75) is 37.3 Å². The van der Waals surface area contributed by atoms with Gasteiger partial charge in [0.15, 0.2) is 0 Å². The van der Waals surface area contributed by atoms with Gasteiger partial charge in [-0.15, -0.1) is 0 Å². The van der Waals surface area contributed by atoms with E-state index in [0.717, 1.165) is 48.4 Å². The second kappa shape index (κ2) is 6.06. The van der Waals surface area contributed by atoms with Crippen LogP contribution in [0.5, 0.6) is 0 Å². The van der Waals surface area contributed by atoms with Crippen molar-refractivity contribution in [3.05, 3.63) is 42.2 Å². The van der Waals surface area contributed by atoms with Crippen LogP contribution in [0, 0.1) is 5.92 Å². The largest absolute Gasteiger partial charge is 0.350 e. The van der Waals surface area contributed by atoms with E-state index in [4.69, 9.17) is 0 Å². The maximum absolute atomic E-state index is 11.3. The molecule has 3 fully saturated rings. The number of amides is 1. The Hall–Kier alpha value is -2.14. The van der Waals surface area contributed by atoms with Gasteiger partial charge in [-0.3, -0.25) is 9.48 Å². The third-order valence-electron chi connectivity index (χ3n) is 5.79. The molecule has 3 aliphatic rings. The van der Waals surface area contributed by atoms with Gasteiger partial charge in [0.25, 0.3) is 0 Å². The van der Waals surface area contributed by atoms with E-state index in [1.807, 2.05) is 24.1 Å². The van der Waals surface area contributed by atoms with Gasteiger partial charge in [0.1, 0.15) is 0 Å². The minimum absolute atomic E-state index is 0.00729. The molecule has 2 N–H and O–H groups in total. The number of aryl methyl sites for hydroxylation is 1. The third kappa shape index (κ3) is 2.63. The molecular formula is C19H24N4O. The van der Waals surface area contributed by atoms with Gasteiger partial charge in [0, 0.05) is 24.3 Å². The molecule has 1 amide bonds. The normalized spacial score (nSPS) is 27.0. The van der Waals surface area contributed by atoms with Crippen molar-refractivity contribution in [3.63, 3.8) is 0 Å². The van der Waals surface area contributed by atoms with Gasteiger partial charge in [0.2, 0.25) is 6.41 Å². The Morgan fingerprint density at radius 2 is 2.21 bits per heavy atom. The number of hydrogen-bond donors (Lipinski definition) is 2. The van der Waals surface area contributed by atoms with E-state index < -0.39 is 0 Å². The van der Waals surface area contributed by atoms with Gasteiger partial charge >= 0.3 is 0 Å². The van der Waals surface area contributed by atoms with Crippen LogP contribution >= 0.6 is 0 Å². The summed E-state index contributed by atoms with van der Waals surface area (Å²) in [5.41, 5.74) is 3.39. The van der Waals surface area contributed by atoms with E-state index in [-0.39, 0.29) is 11.6 Å². The van der Waals surface area contributed by atoms with Crippen LogP contribution in [0.2, 0.25) is 0 Å². The molecule has 0 unspecified atom stereocenters. The Morgan fingerprint density at radius 1 is 1.38 bits per heavy atom. The Kier molecular flexibility index (Phi) is 3.88. The second-order valence-electron chi connectivity index (χ2n) is 7.23. The third-order valence-corrected chi connectivity index (χ3v) is 5.79. The van der Waals surface area contributed by atoms with Crippen LogP contribution in [0.3, 0.4) is 0 Å². The fraction of sp³-hybridized carbons (Fsp3) is 0.474. The van der Waals surface area contributed by atoms with Crippen LogP contribution in [-0.4, -0.2) is 28.3 Å². The zero-order valence-electron chi connectivity index (χ0n) is 14.0. The number of piperidine rings is 2. The number of carbonyl (C=O) groups excluding carboxylic acids is 1. The van der Waals surface area contributed by atoms with Crippen molar-refractivity contribution in [2.75, 3.05) is 6.54 Å². The number of rotatable bonds is 5. The number of aromatic nitrogens is 2. The SMILES string of the molecule is Cn1cc(-c2cccc([C@H](NC=O)C34CCC(CC3)CN4)c2)cn1. The zero-order chi connectivity index (χ0) is 16.6. The highest BCUT2D eigenvalue weighted by Crippen LogP contribution is 2.44. The monoisotopic (exact) mass is 324 g/mol. The minimum Gasteiger partial charge on any atom is -0.350 e. The molecule has 1 aromatic carbocycles. The molecule has 5 heteroatoms. The highest BCUT2D eigenvalue weighted by atomic mass is 16.1. The van der Waals surface area contributed by atoms with Crippen LogP contribution in [0.25, 0.3) is 11.1 Å². The Bertz CT molecular complexity index is 717. The molecule has 5 nitrogen and oxygen atoms in total. The van der Waals surface area contributed by atoms with E-state index in [1.54, 1.807) is 0 Å². The summed E-state index contributed by atoms with van der Waals surface area (Å²) in [4.78, 5) is 11.3. The van der Waals surface area contributed by atoms with E-state index >= 15 is 0 Å². The van der Waals surface area contributed by atoms with Crippen molar-refractivity contribution in [2.24, 2.45) is 13.0 Å². The summed E-state index contributed by atoms with van der Waals surface area (Å²) >= 11 is 0. The molecule has 1 aromatic heterocycles. The lowest BCUT2D eigenvalue weighted by atomic mass is 9.67. The molecule has 5 rings (SSSR count). The lowest BCUT2D eigenvalue weighted by Crippen LogP contribution is -2.61. The van der Waals surface area contributed by atoms with Crippen molar-refractivity contribution in [1.82, 2.24) is 20.4 Å². The van der Waals surface area contributed by atoms with Crippen LogP contribution in [0.1, 0.15) is 37.3 Å². The average molecular weight is 324 g/mol. The van der Waals surface area contributed by atoms with Crippen molar-refractivity contribution in [1.29, 1.82) is 0 Å². The minimum atomic E-state index is -0.0107. The fourth-order valence-electron chi connectivity index (χ4n) is 4.42. The summed E-state index contributed by atoms with van der Waals surface area (Å²) in [6.07, 6.45) is 9.50. The molecule has 1 atom stereocenters. The predicted octanol–water partition coefficient (Wildman–Crippen LogP) is 2.41. The number of nitrogens with zero attached hydrogens (tertiary/aromatic N) is 2. The summed E-state index contributed by atoms with van der Waals surface area (Å²) in [6.45, 7) is 1.07. The maximum atomic E-state index is 11.3. The van der Waals surface area contributed by atoms with Gasteiger partial charge in [0.05, 0.1) is 12.2 Å². The van der Waals surface area contributed by atoms with Crippen LogP contribution in [0.15, 0.2) is 36.7 Å². The van der Waals surface area contributed by atoms with E-state index in [1.165, 1.54) is 12.8 Å². The number of nitrogens with one attached hydrogen (secondary N) is 2. The predicted molar refractivity (Wildman–Crippen MR) is 93.3 cm³/mol. The molecule has 1 saturated carbocycles. The van der Waals surface area contributed by atoms with Crippen molar-refractivity contribution < 1.29 is 4.79 Å². The molecular weight excluding hydrogens is 300 g/mol. The number of fused-ring (bicyclic) bond motifs is 3. The molecule has 2 aliphatic heterocycles. The first-order valence-electron chi connectivity index (χ1n) is 8.74. The molecule has 3 heterocycles. The number of benzene rings is 1. The lowest BCUT2D eigenvalue weighted by Gasteiger charge is -2.51. The first-order chi connectivity index (χ1) is 11.7. The first-order valence-corrected chi connectivity index (χ1v) is 8.74. The lowest BCUT2D eigenvalue weighted by molar-refractivity contribution is -0.111. The Balaban J connectivity index is 1.70. The summed E-state index contributed by atoms with van der Waals surface area (Å²) in [5.74, 6) is 0.811. The van der Waals surface area contributed by atoms with E-state index in [9.17, 15) is 4.79 Å². The van der Waals surface area contributed by atoms with Gasteiger partial charge in [-0.2, -0.15) is 5.10 Å². The van der Waals surface area contributed by atoms with Crippen LogP contribution in [0.4, 0.5) is 0 Å². The van der Waals surface area contributed by atoms with Gasteiger partial charge in [-0.1, -0.05) is 18.2 Å². The molecule has 2 saturated heterocycles. The zero-order valence-corrected chi connectivity index (χ0v) is 14.0. The topological polar surface area (TPSA) is 59.0 Å². The summed E-state index contributed by atoms with van der Waals surface area (Å²) < 4.78 is 1.81. The summed E-state index contributed by atoms with van der Waals surface area (Å²) in [5, 5.41) is 11.1. The van der Waals surface area contributed by atoms with Crippen LogP contribution < -0.4 is 10.6 Å². The smallest absolute Gasteiger partial charge is 0.207 e. The highest BCUT2D eigenvalue weighted by molar-refractivity contribution is 5.63. The summed E-state index contributed by atoms with van der Waals surface area (Å²) in [6, 6.07) is 8.49. The molecule has 2 aromatic rings. The van der Waals surface area contributed by atoms with Gasteiger partial charge in [-0.05, 0) is 55.3 Å². The second-order valence-corrected chi connectivity index (χ2v) is 7.23. The number of hydrogen-bond acceptors (Lipinski definition) is 3. The van der Waals surface area contributed by atoms with Crippen molar-refractivity contribution in [3.8, 4) is 11.1 Å². The Labute approximate surface area is 142 Å². The quantitative estimate of drug-likeness (QED) is 0.831. The molecule has 0 spiro atoms. The molecule has 1 aliphatic carbocycles. The van der Waals surface area contributed by atoms with Gasteiger partial charge < -0.3 is 10.6 Å². The standard InChI is InChI=1S/C19H24N4O/c1-23-12-17(11-22-23)15-3-2-4-16(9-15)18(20-13-24)19-7-5-14(6-8-19)10-21-19/h2-4,9,11-14,18,21H,5-8,10H2,1H3,(H,20,24)/t14?,18-,19?/m0/s1. The van der Waals surface area contributed by atoms with E-state index in [0.29, 0.717) is 0 Å². The van der Waals surface area contributed by atoms with Gasteiger partial charge in [-0.25, -0.2) is 0 Å². The summed E-state index contributed by atoms with van der Waals surface area (Å²) in [7, 11) is 1.92.